The second kappa shape index (κ2) is 6.66. The van der Waals surface area contributed by atoms with Crippen LogP contribution in [0.25, 0.3) is 5.65 Å². The Morgan fingerprint density at radius 1 is 1.29 bits per heavy atom. The zero-order valence-corrected chi connectivity index (χ0v) is 13.5. The van der Waals surface area contributed by atoms with E-state index in [0.29, 0.717) is 17.9 Å². The van der Waals surface area contributed by atoms with Gasteiger partial charge in [0.1, 0.15) is 5.82 Å². The molecule has 0 bridgehead atoms. The maximum atomic E-state index is 13.2. The molecular weight excluding hydrogens is 309 g/mol. The molecule has 6 nitrogen and oxygen atoms in total. The Bertz CT molecular complexity index is 876. The van der Waals surface area contributed by atoms with Gasteiger partial charge in [-0.1, -0.05) is 18.2 Å². The summed E-state index contributed by atoms with van der Waals surface area (Å²) in [6.07, 6.45) is 1.85. The molecule has 124 valence electrons. The molecule has 2 N–H and O–H groups in total. The molecule has 0 aliphatic carbocycles. The third-order valence-electron chi connectivity index (χ3n) is 3.75. The molecule has 3 rings (SSSR count). The van der Waals surface area contributed by atoms with E-state index in [4.69, 9.17) is 0 Å². The average molecular weight is 327 g/mol. The molecule has 1 atom stereocenters. The Kier molecular flexibility index (Phi) is 4.41. The number of nitrogens with zero attached hydrogens (tertiary/aromatic N) is 3. The number of aromatic nitrogens is 3. The van der Waals surface area contributed by atoms with Gasteiger partial charge in [-0.15, -0.1) is 10.2 Å². The number of rotatable bonds is 4. The number of amides is 2. The van der Waals surface area contributed by atoms with Gasteiger partial charge in [-0.25, -0.2) is 9.18 Å². The summed E-state index contributed by atoms with van der Waals surface area (Å²) in [6.45, 7) is 3.85. The maximum Gasteiger partial charge on any atom is 0.315 e. The summed E-state index contributed by atoms with van der Waals surface area (Å²) in [5.41, 5.74) is 2.12. The Balaban J connectivity index is 1.61. The smallest absolute Gasteiger partial charge is 0.315 e. The number of hydrogen-bond acceptors (Lipinski definition) is 3. The lowest BCUT2D eigenvalue weighted by Gasteiger charge is -2.13. The van der Waals surface area contributed by atoms with E-state index >= 15 is 0 Å². The first kappa shape index (κ1) is 15.9. The first-order valence-electron chi connectivity index (χ1n) is 7.63. The maximum absolute atomic E-state index is 13.2. The molecule has 2 heterocycles. The number of carbonyl (C=O) groups is 1. The third kappa shape index (κ3) is 3.34. The van der Waals surface area contributed by atoms with Crippen molar-refractivity contribution in [2.24, 2.45) is 0 Å². The molecule has 0 saturated heterocycles. The van der Waals surface area contributed by atoms with Crippen LogP contribution in [0.1, 0.15) is 29.9 Å². The van der Waals surface area contributed by atoms with Gasteiger partial charge in [-0.2, -0.15) is 0 Å². The number of urea groups is 1. The lowest BCUT2D eigenvalue weighted by molar-refractivity contribution is 0.237. The molecule has 24 heavy (non-hydrogen) atoms. The molecular formula is C17H18FN5O. The van der Waals surface area contributed by atoms with Crippen LogP contribution < -0.4 is 10.6 Å². The van der Waals surface area contributed by atoms with Crippen LogP contribution in [0.3, 0.4) is 0 Å². The minimum atomic E-state index is -0.322. The lowest BCUT2D eigenvalue weighted by Crippen LogP contribution is -2.37. The quantitative estimate of drug-likeness (QED) is 0.774. The Labute approximate surface area is 138 Å². The molecule has 0 unspecified atom stereocenters. The minimum Gasteiger partial charge on any atom is -0.334 e. The molecule has 0 aliphatic rings. The van der Waals surface area contributed by atoms with Crippen LogP contribution in [-0.4, -0.2) is 20.6 Å². The van der Waals surface area contributed by atoms with Gasteiger partial charge in [0.25, 0.3) is 0 Å². The number of pyridine rings is 1. The van der Waals surface area contributed by atoms with E-state index in [2.05, 4.69) is 20.8 Å². The van der Waals surface area contributed by atoms with Gasteiger partial charge in [0.05, 0.1) is 6.04 Å². The summed E-state index contributed by atoms with van der Waals surface area (Å²) in [4.78, 5) is 12.1. The molecule has 2 aromatic heterocycles. The summed E-state index contributed by atoms with van der Waals surface area (Å²) < 4.78 is 15.1. The second-order valence-corrected chi connectivity index (χ2v) is 5.62. The molecule has 1 aromatic carbocycles. The number of nitrogens with one attached hydrogen (secondary N) is 2. The van der Waals surface area contributed by atoms with Crippen LogP contribution in [0, 0.1) is 12.7 Å². The van der Waals surface area contributed by atoms with Gasteiger partial charge in [0, 0.05) is 12.7 Å². The molecule has 7 heteroatoms. The number of aryl methyl sites for hydroxylation is 1. The normalized spacial score (nSPS) is 12.1. The van der Waals surface area contributed by atoms with E-state index in [-0.39, 0.29) is 17.9 Å². The largest absolute Gasteiger partial charge is 0.334 e. The number of hydrogen-bond donors (Lipinski definition) is 2. The average Bonchev–Trinajstić information content (AvgIpc) is 3.00. The number of fused-ring (bicyclic) bond motifs is 1. The van der Waals surface area contributed by atoms with Crippen molar-refractivity contribution in [3.63, 3.8) is 0 Å². The van der Waals surface area contributed by atoms with E-state index in [1.165, 1.54) is 6.07 Å². The zero-order chi connectivity index (χ0) is 17.1. The van der Waals surface area contributed by atoms with Crippen molar-refractivity contribution in [3.05, 3.63) is 65.4 Å². The first-order chi connectivity index (χ1) is 11.5. The van der Waals surface area contributed by atoms with Gasteiger partial charge in [0.2, 0.25) is 0 Å². The summed E-state index contributed by atoms with van der Waals surface area (Å²) >= 11 is 0. The second-order valence-electron chi connectivity index (χ2n) is 5.62. The Morgan fingerprint density at radius 2 is 2.12 bits per heavy atom. The molecule has 0 aliphatic heterocycles. The van der Waals surface area contributed by atoms with Gasteiger partial charge in [-0.05, 0) is 43.2 Å². The van der Waals surface area contributed by atoms with E-state index in [0.717, 1.165) is 11.2 Å². The van der Waals surface area contributed by atoms with Crippen LogP contribution in [0.15, 0.2) is 42.6 Å². The van der Waals surface area contributed by atoms with Crippen LogP contribution in [-0.2, 0) is 6.54 Å². The fourth-order valence-corrected chi connectivity index (χ4v) is 2.47. The topological polar surface area (TPSA) is 71.3 Å². The van der Waals surface area contributed by atoms with Gasteiger partial charge >= 0.3 is 6.03 Å². The molecule has 2 amide bonds. The van der Waals surface area contributed by atoms with E-state index < -0.39 is 0 Å². The highest BCUT2D eigenvalue weighted by molar-refractivity contribution is 5.74. The van der Waals surface area contributed by atoms with E-state index in [1.807, 2.05) is 35.7 Å². The van der Waals surface area contributed by atoms with Crippen molar-refractivity contribution in [2.45, 2.75) is 26.4 Å². The molecule has 0 spiro atoms. The Hall–Kier alpha value is -2.96. The highest BCUT2D eigenvalue weighted by Crippen LogP contribution is 2.12. The highest BCUT2D eigenvalue weighted by Gasteiger charge is 2.15. The van der Waals surface area contributed by atoms with Crippen LogP contribution in [0.2, 0.25) is 0 Å². The van der Waals surface area contributed by atoms with Crippen LogP contribution in [0.5, 0.6) is 0 Å². The standard InChI is InChI=1S/C17H18FN5O/c1-11-9-13(6-7-14(11)18)10-19-17(24)20-12(2)16-22-21-15-5-3-4-8-23(15)16/h3-9,12H,10H2,1-2H3,(H2,19,20,24)/t12-/m0/s1. The van der Waals surface area contributed by atoms with Crippen molar-refractivity contribution in [2.75, 3.05) is 0 Å². The van der Waals surface area contributed by atoms with E-state index in [1.54, 1.807) is 19.1 Å². The Morgan fingerprint density at radius 3 is 2.92 bits per heavy atom. The molecule has 3 aromatic rings. The predicted molar refractivity (Wildman–Crippen MR) is 87.9 cm³/mol. The number of carbonyl (C=O) groups excluding carboxylic acids is 1. The first-order valence-corrected chi connectivity index (χ1v) is 7.63. The SMILES string of the molecule is Cc1cc(CNC(=O)N[C@@H](C)c2nnc3ccccn23)ccc1F. The molecule has 0 fully saturated rings. The van der Waals surface area contributed by atoms with Crippen molar-refractivity contribution in [1.82, 2.24) is 25.2 Å². The molecule has 0 saturated carbocycles. The van der Waals surface area contributed by atoms with Crippen molar-refractivity contribution in [3.8, 4) is 0 Å². The fraction of sp³-hybridized carbons (Fsp3) is 0.235. The van der Waals surface area contributed by atoms with Gasteiger partial charge in [-0.3, -0.25) is 4.40 Å². The minimum absolute atomic E-state index is 0.254. The van der Waals surface area contributed by atoms with E-state index in [9.17, 15) is 9.18 Å². The molecule has 0 radical (unpaired) electrons. The van der Waals surface area contributed by atoms with Crippen LogP contribution in [0.4, 0.5) is 9.18 Å². The predicted octanol–water partition coefficient (Wildman–Crippen LogP) is 2.74. The van der Waals surface area contributed by atoms with Crippen molar-refractivity contribution < 1.29 is 9.18 Å². The lowest BCUT2D eigenvalue weighted by atomic mass is 10.1. The van der Waals surface area contributed by atoms with Gasteiger partial charge in [0.15, 0.2) is 11.5 Å². The third-order valence-corrected chi connectivity index (χ3v) is 3.75. The van der Waals surface area contributed by atoms with Gasteiger partial charge < -0.3 is 10.6 Å². The fourth-order valence-electron chi connectivity index (χ4n) is 2.47. The number of halogens is 1. The van der Waals surface area contributed by atoms with Crippen LogP contribution >= 0.6 is 0 Å². The number of benzene rings is 1. The summed E-state index contributed by atoms with van der Waals surface area (Å²) in [7, 11) is 0. The highest BCUT2D eigenvalue weighted by atomic mass is 19.1. The summed E-state index contributed by atoms with van der Waals surface area (Å²) in [5.74, 6) is 0.397. The monoisotopic (exact) mass is 327 g/mol. The summed E-state index contributed by atoms with van der Waals surface area (Å²) in [6, 6.07) is 9.74. The zero-order valence-electron chi connectivity index (χ0n) is 13.5. The van der Waals surface area contributed by atoms with Crippen molar-refractivity contribution in [1.29, 1.82) is 0 Å². The van der Waals surface area contributed by atoms with Crippen molar-refractivity contribution >= 4 is 11.7 Å². The summed E-state index contributed by atoms with van der Waals surface area (Å²) in [5, 5.41) is 13.8.